The molecule has 2 heterocycles. The average Bonchev–Trinajstić information content (AvgIpc) is 2.39. The number of aromatic nitrogens is 1. The standard InChI is InChI=1S/C11H16N4O2/c12-11(13)8-1-2-14-10(5-8)15-3-4-17-9(6-15)7-16/h1-2,5,9,16H,3-4,6-7H2,(H3,12,13). The molecular weight excluding hydrogens is 220 g/mol. The minimum Gasteiger partial charge on any atom is -0.394 e. The lowest BCUT2D eigenvalue weighted by atomic mass is 10.2. The summed E-state index contributed by atoms with van der Waals surface area (Å²) in [5.74, 6) is 0.792. The summed E-state index contributed by atoms with van der Waals surface area (Å²) in [4.78, 5) is 6.28. The van der Waals surface area contributed by atoms with E-state index in [9.17, 15) is 0 Å². The van der Waals surface area contributed by atoms with Crippen LogP contribution < -0.4 is 10.6 Å². The molecule has 1 aliphatic heterocycles. The first kappa shape index (κ1) is 11.8. The largest absolute Gasteiger partial charge is 0.394 e. The van der Waals surface area contributed by atoms with Crippen molar-refractivity contribution in [2.75, 3.05) is 31.2 Å². The molecule has 1 unspecified atom stereocenters. The molecule has 0 aliphatic carbocycles. The number of hydrogen-bond acceptors (Lipinski definition) is 5. The number of aliphatic hydroxyl groups is 1. The molecule has 92 valence electrons. The molecule has 0 bridgehead atoms. The highest BCUT2D eigenvalue weighted by molar-refractivity contribution is 5.95. The van der Waals surface area contributed by atoms with Gasteiger partial charge in [0.1, 0.15) is 11.7 Å². The molecule has 0 radical (unpaired) electrons. The monoisotopic (exact) mass is 236 g/mol. The van der Waals surface area contributed by atoms with Crippen LogP contribution in [0.4, 0.5) is 5.82 Å². The molecule has 6 nitrogen and oxygen atoms in total. The number of morpholine rings is 1. The molecule has 1 aliphatic rings. The van der Waals surface area contributed by atoms with Crippen LogP contribution in [0.2, 0.25) is 0 Å². The Morgan fingerprint density at radius 1 is 1.71 bits per heavy atom. The number of ether oxygens (including phenoxy) is 1. The lowest BCUT2D eigenvalue weighted by Gasteiger charge is -2.32. The van der Waals surface area contributed by atoms with Gasteiger partial charge in [-0.3, -0.25) is 5.41 Å². The normalized spacial score (nSPS) is 20.3. The SMILES string of the molecule is N=C(N)c1ccnc(N2CCOC(CO)C2)c1. The van der Waals surface area contributed by atoms with E-state index in [1.54, 1.807) is 18.3 Å². The average molecular weight is 236 g/mol. The van der Waals surface area contributed by atoms with E-state index >= 15 is 0 Å². The van der Waals surface area contributed by atoms with E-state index < -0.39 is 0 Å². The summed E-state index contributed by atoms with van der Waals surface area (Å²) in [5, 5.41) is 16.5. The van der Waals surface area contributed by atoms with Gasteiger partial charge in [-0.25, -0.2) is 4.98 Å². The number of pyridine rings is 1. The Bertz CT molecular complexity index is 410. The van der Waals surface area contributed by atoms with Crippen molar-refractivity contribution in [2.45, 2.75) is 6.10 Å². The molecule has 0 amide bonds. The van der Waals surface area contributed by atoms with E-state index in [4.69, 9.17) is 21.0 Å². The van der Waals surface area contributed by atoms with E-state index in [1.165, 1.54) is 0 Å². The van der Waals surface area contributed by atoms with Gasteiger partial charge in [-0.05, 0) is 12.1 Å². The van der Waals surface area contributed by atoms with Gasteiger partial charge in [-0.15, -0.1) is 0 Å². The van der Waals surface area contributed by atoms with Gasteiger partial charge in [-0.2, -0.15) is 0 Å². The summed E-state index contributed by atoms with van der Waals surface area (Å²) in [5.41, 5.74) is 6.09. The van der Waals surface area contributed by atoms with Crippen molar-refractivity contribution >= 4 is 11.7 Å². The first-order chi connectivity index (χ1) is 8.20. The van der Waals surface area contributed by atoms with E-state index in [0.717, 1.165) is 12.4 Å². The first-order valence-corrected chi connectivity index (χ1v) is 5.48. The van der Waals surface area contributed by atoms with Gasteiger partial charge in [0.2, 0.25) is 0 Å². The van der Waals surface area contributed by atoms with E-state index in [2.05, 4.69) is 4.98 Å². The van der Waals surface area contributed by atoms with Crippen molar-refractivity contribution in [1.82, 2.24) is 4.98 Å². The Morgan fingerprint density at radius 3 is 3.24 bits per heavy atom. The number of rotatable bonds is 3. The smallest absolute Gasteiger partial charge is 0.129 e. The first-order valence-electron chi connectivity index (χ1n) is 5.48. The molecule has 0 spiro atoms. The highest BCUT2D eigenvalue weighted by Gasteiger charge is 2.20. The number of nitrogens with zero attached hydrogens (tertiary/aromatic N) is 2. The molecular formula is C11H16N4O2. The van der Waals surface area contributed by atoms with Gasteiger partial charge in [0.25, 0.3) is 0 Å². The lowest BCUT2D eigenvalue weighted by Crippen LogP contribution is -2.44. The van der Waals surface area contributed by atoms with Crippen LogP contribution >= 0.6 is 0 Å². The third kappa shape index (κ3) is 2.72. The zero-order valence-electron chi connectivity index (χ0n) is 9.47. The zero-order valence-corrected chi connectivity index (χ0v) is 9.47. The number of hydrogen-bond donors (Lipinski definition) is 3. The van der Waals surface area contributed by atoms with Crippen LogP contribution in [0.5, 0.6) is 0 Å². The predicted octanol–water partition coefficient (Wildman–Crippen LogP) is -0.437. The van der Waals surface area contributed by atoms with E-state index in [1.807, 2.05) is 4.90 Å². The maximum absolute atomic E-state index is 9.07. The molecule has 6 heteroatoms. The van der Waals surface area contributed by atoms with Crippen LogP contribution in [-0.4, -0.2) is 48.3 Å². The van der Waals surface area contributed by atoms with Gasteiger partial charge >= 0.3 is 0 Å². The van der Waals surface area contributed by atoms with Gasteiger partial charge in [0.15, 0.2) is 0 Å². The quantitative estimate of drug-likeness (QED) is 0.488. The summed E-state index contributed by atoms with van der Waals surface area (Å²) < 4.78 is 5.37. The number of anilines is 1. The van der Waals surface area contributed by atoms with Gasteiger partial charge in [-0.1, -0.05) is 0 Å². The third-order valence-electron chi connectivity index (χ3n) is 2.72. The molecule has 0 aromatic carbocycles. The summed E-state index contributed by atoms with van der Waals surface area (Å²) in [6, 6.07) is 3.48. The Balaban J connectivity index is 2.16. The van der Waals surface area contributed by atoms with E-state index in [0.29, 0.717) is 18.7 Å². The Morgan fingerprint density at radius 2 is 2.53 bits per heavy atom. The summed E-state index contributed by atoms with van der Waals surface area (Å²) in [6.07, 6.45) is 1.46. The second-order valence-electron chi connectivity index (χ2n) is 3.94. The van der Waals surface area contributed by atoms with Gasteiger partial charge in [0.05, 0.1) is 19.3 Å². The Labute approximate surface area is 99.5 Å². The second-order valence-corrected chi connectivity index (χ2v) is 3.94. The fourth-order valence-corrected chi connectivity index (χ4v) is 1.80. The summed E-state index contributed by atoms with van der Waals surface area (Å²) in [6.45, 7) is 1.90. The molecule has 1 aromatic heterocycles. The fourth-order valence-electron chi connectivity index (χ4n) is 1.80. The number of amidine groups is 1. The van der Waals surface area contributed by atoms with Crippen molar-refractivity contribution < 1.29 is 9.84 Å². The van der Waals surface area contributed by atoms with Crippen LogP contribution in [0.1, 0.15) is 5.56 Å². The number of nitrogens with one attached hydrogen (secondary N) is 1. The summed E-state index contributed by atoms with van der Waals surface area (Å²) >= 11 is 0. The number of aliphatic hydroxyl groups excluding tert-OH is 1. The molecule has 1 atom stereocenters. The molecule has 4 N–H and O–H groups in total. The van der Waals surface area contributed by atoms with Crippen molar-refractivity contribution in [1.29, 1.82) is 5.41 Å². The maximum atomic E-state index is 9.07. The molecule has 1 fully saturated rings. The van der Waals surface area contributed by atoms with Gasteiger partial charge in [0, 0.05) is 24.8 Å². The minimum atomic E-state index is -0.175. The Hall–Kier alpha value is -1.66. The maximum Gasteiger partial charge on any atom is 0.129 e. The van der Waals surface area contributed by atoms with Crippen molar-refractivity contribution in [3.05, 3.63) is 23.9 Å². The second kappa shape index (κ2) is 5.11. The zero-order chi connectivity index (χ0) is 12.3. The summed E-state index contributed by atoms with van der Waals surface area (Å²) in [7, 11) is 0. The molecule has 1 saturated heterocycles. The Kier molecular flexibility index (Phi) is 3.55. The van der Waals surface area contributed by atoms with Gasteiger partial charge < -0.3 is 20.5 Å². The highest BCUT2D eigenvalue weighted by atomic mass is 16.5. The molecule has 2 rings (SSSR count). The van der Waals surface area contributed by atoms with Crippen molar-refractivity contribution in [3.63, 3.8) is 0 Å². The highest BCUT2D eigenvalue weighted by Crippen LogP contribution is 2.16. The van der Waals surface area contributed by atoms with Crippen LogP contribution in [0.15, 0.2) is 18.3 Å². The minimum absolute atomic E-state index is 0.00288. The van der Waals surface area contributed by atoms with Crippen LogP contribution in [-0.2, 0) is 4.74 Å². The molecule has 17 heavy (non-hydrogen) atoms. The van der Waals surface area contributed by atoms with E-state index in [-0.39, 0.29) is 18.5 Å². The number of nitrogen functional groups attached to an aromatic ring is 1. The fraction of sp³-hybridized carbons (Fsp3) is 0.455. The van der Waals surface area contributed by atoms with Crippen LogP contribution in [0.3, 0.4) is 0 Å². The molecule has 1 aromatic rings. The third-order valence-corrected chi connectivity index (χ3v) is 2.72. The van der Waals surface area contributed by atoms with Crippen molar-refractivity contribution in [2.24, 2.45) is 5.73 Å². The number of nitrogens with two attached hydrogens (primary N) is 1. The van der Waals surface area contributed by atoms with Crippen LogP contribution in [0, 0.1) is 5.41 Å². The molecule has 0 saturated carbocycles. The predicted molar refractivity (Wildman–Crippen MR) is 64.3 cm³/mol. The van der Waals surface area contributed by atoms with Crippen molar-refractivity contribution in [3.8, 4) is 0 Å². The lowest BCUT2D eigenvalue weighted by molar-refractivity contribution is 0.00336. The van der Waals surface area contributed by atoms with Crippen LogP contribution in [0.25, 0.3) is 0 Å². The topological polar surface area (TPSA) is 95.5 Å².